The molecule has 0 unspecified atom stereocenters. The Hall–Kier alpha value is -1.55. The van der Waals surface area contributed by atoms with Gasteiger partial charge in [-0.3, -0.25) is 9.59 Å². The average molecular weight is 269 g/mol. The van der Waals surface area contributed by atoms with Crippen molar-refractivity contribution in [2.24, 2.45) is 5.73 Å². The van der Waals surface area contributed by atoms with Gasteiger partial charge in [0.05, 0.1) is 0 Å². The molecule has 0 aliphatic heterocycles. The molecule has 0 spiro atoms. The van der Waals surface area contributed by atoms with Gasteiger partial charge >= 0.3 is 0 Å². The van der Waals surface area contributed by atoms with Crippen LogP contribution in [0.3, 0.4) is 0 Å². The summed E-state index contributed by atoms with van der Waals surface area (Å²) < 4.78 is 0. The summed E-state index contributed by atoms with van der Waals surface area (Å²) in [6, 6.07) is 5.02. The summed E-state index contributed by atoms with van der Waals surface area (Å²) in [5.74, 6) is -0.981. The van der Waals surface area contributed by atoms with Gasteiger partial charge in [-0.2, -0.15) is 0 Å². The molecule has 0 saturated heterocycles. The van der Waals surface area contributed by atoms with Crippen molar-refractivity contribution in [2.75, 3.05) is 11.2 Å². The van der Waals surface area contributed by atoms with Crippen LogP contribution in [0.4, 0.5) is 5.69 Å². The molecular weight excluding hydrogens is 252 g/mol. The lowest BCUT2D eigenvalue weighted by Crippen LogP contribution is -2.21. The first kappa shape index (κ1) is 14.5. The van der Waals surface area contributed by atoms with Crippen LogP contribution in [-0.4, -0.2) is 17.7 Å². The number of amides is 2. The van der Waals surface area contributed by atoms with Crippen molar-refractivity contribution in [3.05, 3.63) is 29.3 Å². The van der Waals surface area contributed by atoms with Gasteiger partial charge in [-0.1, -0.05) is 26.8 Å². The van der Waals surface area contributed by atoms with Crippen LogP contribution in [0.25, 0.3) is 0 Å². The molecule has 0 bridgehead atoms. The maximum Gasteiger partial charge on any atom is 0.248 e. The molecule has 0 aromatic heterocycles. The second-order valence-electron chi connectivity index (χ2n) is 5.06. The summed E-state index contributed by atoms with van der Waals surface area (Å²) >= 11 is 5.47. The SMILES string of the molecule is CC(C)(C)c1ccc(C(N)=O)cc1NC(=O)CCl. The molecule has 5 heteroatoms. The third kappa shape index (κ3) is 3.47. The Bertz CT molecular complexity index is 478. The molecule has 3 N–H and O–H groups in total. The molecule has 2 amide bonds. The molecule has 18 heavy (non-hydrogen) atoms. The number of hydrogen-bond donors (Lipinski definition) is 2. The predicted octanol–water partition coefficient (Wildman–Crippen LogP) is 2.26. The summed E-state index contributed by atoms with van der Waals surface area (Å²) in [6.45, 7) is 6.05. The smallest absolute Gasteiger partial charge is 0.248 e. The number of rotatable bonds is 3. The van der Waals surface area contributed by atoms with Crippen molar-refractivity contribution >= 4 is 29.1 Å². The molecule has 0 atom stereocenters. The lowest BCUT2D eigenvalue weighted by molar-refractivity contribution is -0.113. The fraction of sp³-hybridized carbons (Fsp3) is 0.385. The van der Waals surface area contributed by atoms with Crippen LogP contribution in [0.2, 0.25) is 0 Å². The molecule has 0 fully saturated rings. The number of carbonyl (C=O) groups excluding carboxylic acids is 2. The van der Waals surface area contributed by atoms with Gasteiger partial charge in [-0.05, 0) is 23.1 Å². The van der Waals surface area contributed by atoms with E-state index in [0.717, 1.165) is 5.56 Å². The Morgan fingerprint density at radius 2 is 1.94 bits per heavy atom. The highest BCUT2D eigenvalue weighted by molar-refractivity contribution is 6.29. The second-order valence-corrected chi connectivity index (χ2v) is 5.32. The number of nitrogens with two attached hydrogens (primary N) is 1. The molecule has 1 aromatic carbocycles. The fourth-order valence-electron chi connectivity index (χ4n) is 1.64. The maximum absolute atomic E-state index is 11.4. The molecule has 1 aromatic rings. The predicted molar refractivity (Wildman–Crippen MR) is 73.0 cm³/mol. The van der Waals surface area contributed by atoms with Gasteiger partial charge in [0.15, 0.2) is 0 Å². The zero-order valence-corrected chi connectivity index (χ0v) is 11.5. The Kier molecular flexibility index (Phi) is 4.35. The van der Waals surface area contributed by atoms with E-state index in [4.69, 9.17) is 17.3 Å². The molecule has 98 valence electrons. The van der Waals surface area contributed by atoms with Crippen molar-refractivity contribution in [3.8, 4) is 0 Å². The van der Waals surface area contributed by atoms with Crippen LogP contribution in [0.1, 0.15) is 36.7 Å². The van der Waals surface area contributed by atoms with Crippen LogP contribution >= 0.6 is 11.6 Å². The second kappa shape index (κ2) is 5.40. The van der Waals surface area contributed by atoms with Crippen LogP contribution in [0.15, 0.2) is 18.2 Å². The summed E-state index contributed by atoms with van der Waals surface area (Å²) in [6.07, 6.45) is 0. The van der Waals surface area contributed by atoms with Crippen LogP contribution < -0.4 is 11.1 Å². The number of halogens is 1. The standard InChI is InChI=1S/C13H17ClN2O2/c1-13(2,3)9-5-4-8(12(15)18)6-10(9)16-11(17)7-14/h4-6H,7H2,1-3H3,(H2,15,18)(H,16,17). The summed E-state index contributed by atoms with van der Waals surface area (Å²) in [5, 5.41) is 2.68. The number of anilines is 1. The number of primary amides is 1. The highest BCUT2D eigenvalue weighted by Gasteiger charge is 2.20. The Morgan fingerprint density at radius 1 is 1.33 bits per heavy atom. The normalized spacial score (nSPS) is 11.1. The zero-order valence-electron chi connectivity index (χ0n) is 10.7. The van der Waals surface area contributed by atoms with Crippen LogP contribution in [0, 0.1) is 0 Å². The summed E-state index contributed by atoms with van der Waals surface area (Å²) in [7, 11) is 0. The minimum atomic E-state index is -0.531. The first-order chi connectivity index (χ1) is 8.25. The molecular formula is C13H17ClN2O2. The first-order valence-electron chi connectivity index (χ1n) is 5.56. The number of alkyl halides is 1. The van der Waals surface area contributed by atoms with Crippen LogP contribution in [0.5, 0.6) is 0 Å². The van der Waals surface area contributed by atoms with Gasteiger partial charge in [-0.15, -0.1) is 11.6 Å². The molecule has 0 saturated carbocycles. The van der Waals surface area contributed by atoms with E-state index < -0.39 is 5.91 Å². The van der Waals surface area contributed by atoms with Gasteiger partial charge in [0.25, 0.3) is 0 Å². The molecule has 0 radical (unpaired) electrons. The van der Waals surface area contributed by atoms with Crippen LogP contribution in [-0.2, 0) is 10.2 Å². The number of carbonyl (C=O) groups is 2. The fourth-order valence-corrected chi connectivity index (χ4v) is 1.71. The van der Waals surface area contributed by atoms with Crippen molar-refractivity contribution in [2.45, 2.75) is 26.2 Å². The first-order valence-corrected chi connectivity index (χ1v) is 6.09. The number of nitrogens with one attached hydrogen (secondary N) is 1. The lowest BCUT2D eigenvalue weighted by Gasteiger charge is -2.23. The quantitative estimate of drug-likeness (QED) is 0.826. The highest BCUT2D eigenvalue weighted by Crippen LogP contribution is 2.30. The van der Waals surface area contributed by atoms with Crippen molar-refractivity contribution < 1.29 is 9.59 Å². The largest absolute Gasteiger partial charge is 0.366 e. The van der Waals surface area contributed by atoms with Gasteiger partial charge in [-0.25, -0.2) is 0 Å². The molecule has 0 heterocycles. The molecule has 0 aliphatic carbocycles. The van der Waals surface area contributed by atoms with E-state index in [1.165, 1.54) is 0 Å². The van der Waals surface area contributed by atoms with Gasteiger partial charge in [0, 0.05) is 11.3 Å². The minimum Gasteiger partial charge on any atom is -0.366 e. The third-order valence-electron chi connectivity index (χ3n) is 2.51. The Morgan fingerprint density at radius 3 is 2.39 bits per heavy atom. The zero-order chi connectivity index (χ0) is 13.9. The number of benzene rings is 1. The monoisotopic (exact) mass is 268 g/mol. The van der Waals surface area contributed by atoms with Gasteiger partial charge in [0.2, 0.25) is 11.8 Å². The maximum atomic E-state index is 11.4. The van der Waals surface area contributed by atoms with E-state index in [0.29, 0.717) is 11.3 Å². The lowest BCUT2D eigenvalue weighted by atomic mass is 9.85. The molecule has 1 rings (SSSR count). The van der Waals surface area contributed by atoms with E-state index in [9.17, 15) is 9.59 Å². The third-order valence-corrected chi connectivity index (χ3v) is 2.75. The van der Waals surface area contributed by atoms with E-state index in [-0.39, 0.29) is 17.2 Å². The van der Waals surface area contributed by atoms with E-state index in [1.54, 1.807) is 18.2 Å². The van der Waals surface area contributed by atoms with E-state index in [2.05, 4.69) is 5.32 Å². The van der Waals surface area contributed by atoms with E-state index >= 15 is 0 Å². The number of hydrogen-bond acceptors (Lipinski definition) is 2. The summed E-state index contributed by atoms with van der Waals surface area (Å²) in [5.41, 5.74) is 6.92. The minimum absolute atomic E-state index is 0.135. The average Bonchev–Trinajstić information content (AvgIpc) is 2.27. The Balaban J connectivity index is 3.26. The molecule has 0 aliphatic rings. The van der Waals surface area contributed by atoms with Crippen molar-refractivity contribution in [3.63, 3.8) is 0 Å². The Labute approximate surface area is 112 Å². The van der Waals surface area contributed by atoms with Crippen molar-refractivity contribution in [1.29, 1.82) is 0 Å². The van der Waals surface area contributed by atoms with Crippen molar-refractivity contribution in [1.82, 2.24) is 0 Å². The topological polar surface area (TPSA) is 72.2 Å². The van der Waals surface area contributed by atoms with Gasteiger partial charge in [0.1, 0.15) is 5.88 Å². The van der Waals surface area contributed by atoms with E-state index in [1.807, 2.05) is 20.8 Å². The highest BCUT2D eigenvalue weighted by atomic mass is 35.5. The molecule has 4 nitrogen and oxygen atoms in total. The van der Waals surface area contributed by atoms with Gasteiger partial charge < -0.3 is 11.1 Å². The summed E-state index contributed by atoms with van der Waals surface area (Å²) in [4.78, 5) is 22.5.